The first-order valence-corrected chi connectivity index (χ1v) is 22.9. The summed E-state index contributed by atoms with van der Waals surface area (Å²) in [7, 11) is 0. The van der Waals surface area contributed by atoms with E-state index in [-0.39, 0.29) is 41.4 Å². The molecule has 1 N–H and O–H groups in total. The number of fused-ring (bicyclic) bond motifs is 2. The molecule has 66 heavy (non-hydrogen) atoms. The van der Waals surface area contributed by atoms with Gasteiger partial charge in [0.05, 0.1) is 47.1 Å². The minimum absolute atomic E-state index is 0.0319. The average molecular weight is 892 g/mol. The van der Waals surface area contributed by atoms with E-state index in [4.69, 9.17) is 14.2 Å². The topological polar surface area (TPSA) is 161 Å². The smallest absolute Gasteiger partial charge is 0.269 e. The van der Waals surface area contributed by atoms with E-state index < -0.39 is 22.8 Å². The molecule has 4 aromatic carbocycles. The molecule has 0 bridgehead atoms. The highest BCUT2D eigenvalue weighted by Crippen LogP contribution is 2.38. The summed E-state index contributed by atoms with van der Waals surface area (Å²) in [5.41, 5.74) is 5.30. The molecule has 4 aliphatic heterocycles. The lowest BCUT2D eigenvalue weighted by molar-refractivity contribution is -0.384. The van der Waals surface area contributed by atoms with Gasteiger partial charge in [-0.15, -0.1) is 0 Å². The highest BCUT2D eigenvalue weighted by atomic mass is 16.6. The van der Waals surface area contributed by atoms with Gasteiger partial charge in [0.2, 0.25) is 5.91 Å². The third-order valence-corrected chi connectivity index (χ3v) is 13.1. The monoisotopic (exact) mass is 891 g/mol. The van der Waals surface area contributed by atoms with Crippen LogP contribution in [0, 0.1) is 10.1 Å². The first-order valence-electron chi connectivity index (χ1n) is 22.9. The molecule has 14 heteroatoms. The number of non-ortho nitro benzene ring substituents is 1. The number of nitrogens with one attached hydrogen (secondary N) is 1. The molecule has 1 saturated carbocycles. The molecule has 4 amide bonds. The molecule has 3 fully saturated rings. The number of rotatable bonds is 17. The molecule has 1 atom stereocenters. The normalized spacial score (nSPS) is 21.6. The number of piperidine rings is 2. The van der Waals surface area contributed by atoms with Crippen LogP contribution in [0.15, 0.2) is 115 Å². The zero-order chi connectivity index (χ0) is 45.7. The zero-order valence-corrected chi connectivity index (χ0v) is 36.8. The minimum atomic E-state index is -0.834. The van der Waals surface area contributed by atoms with Gasteiger partial charge in [-0.25, -0.2) is 0 Å². The number of carbonyl (C=O) groups is 4. The number of benzene rings is 4. The first-order chi connectivity index (χ1) is 32.1. The van der Waals surface area contributed by atoms with Crippen molar-refractivity contribution in [1.29, 1.82) is 0 Å². The summed E-state index contributed by atoms with van der Waals surface area (Å²) in [5.74, 6) is -0.0337. The molecule has 4 aromatic rings. The molecule has 0 aromatic heterocycles. The Morgan fingerprint density at radius 1 is 0.773 bits per heavy atom. The molecule has 340 valence electrons. The van der Waals surface area contributed by atoms with Crippen LogP contribution in [-0.2, 0) is 20.9 Å². The molecule has 0 spiro atoms. The number of ether oxygens (including phenoxy) is 3. The van der Waals surface area contributed by atoms with Gasteiger partial charge in [0.25, 0.3) is 23.4 Å². The second-order valence-electron chi connectivity index (χ2n) is 17.6. The third kappa shape index (κ3) is 9.85. The van der Waals surface area contributed by atoms with E-state index in [1.165, 1.54) is 12.1 Å². The SMILES string of the molecule is C=C1CCC(N2C(=O)c3ccc(OCCCCCN4CCC(O[C@H]5C[C@H](Oc6ccc(CN7C(=O)C(=CC=Cc8ccc([N+](=O)[O-])cc8)c8ccccc87)cc6)C5)CC4)cc3C2=O)C(=O)N1. The number of anilines is 1. The Morgan fingerprint density at radius 2 is 1.52 bits per heavy atom. The largest absolute Gasteiger partial charge is 0.494 e. The maximum absolute atomic E-state index is 13.7. The van der Waals surface area contributed by atoms with Gasteiger partial charge in [-0.2, -0.15) is 0 Å². The standard InChI is InChI=1S/C52H53N5O9/c1-34-12-23-48(49(58)53-34)56-51(60)45-22-21-40(32-46(45)52(56)61)64-29-6-2-5-26-54-27-24-39(25-28-54)66-42-30-41(31-42)65-38-19-15-36(16-20-38)33-55-47-11-4-3-9-43(47)44(50(55)59)10-7-8-35-13-17-37(18-14-35)57(62)63/h3-4,7-11,13-22,32,39,41-42,48H,1-2,5-6,12,23-31,33H2,(H,53,58)/t41-,42-,48?. The van der Waals surface area contributed by atoms with Gasteiger partial charge in [-0.05, 0) is 117 Å². The maximum Gasteiger partial charge on any atom is 0.269 e. The van der Waals surface area contributed by atoms with Crippen LogP contribution >= 0.6 is 0 Å². The van der Waals surface area contributed by atoms with E-state index in [0.29, 0.717) is 48.6 Å². The molecule has 1 aliphatic carbocycles. The van der Waals surface area contributed by atoms with Crippen LogP contribution in [0.5, 0.6) is 11.5 Å². The van der Waals surface area contributed by atoms with Crippen molar-refractivity contribution in [3.8, 4) is 11.5 Å². The van der Waals surface area contributed by atoms with E-state index in [0.717, 1.165) is 97.6 Å². The Kier molecular flexibility index (Phi) is 13.2. The van der Waals surface area contributed by atoms with Crippen molar-refractivity contribution in [3.05, 3.63) is 153 Å². The number of unbranched alkanes of at least 4 members (excludes halogenated alkanes) is 2. The molecule has 0 radical (unpaired) electrons. The van der Waals surface area contributed by atoms with Gasteiger partial charge in [-0.3, -0.25) is 34.2 Å². The number of imide groups is 1. The predicted molar refractivity (Wildman–Crippen MR) is 249 cm³/mol. The average Bonchev–Trinajstić information content (AvgIpc) is 3.71. The molecule has 9 rings (SSSR count). The molecule has 1 unspecified atom stereocenters. The number of likely N-dealkylation sites (tertiary alicyclic amines) is 1. The van der Waals surface area contributed by atoms with Gasteiger partial charge >= 0.3 is 0 Å². The van der Waals surface area contributed by atoms with Crippen molar-refractivity contribution in [2.75, 3.05) is 31.1 Å². The zero-order valence-electron chi connectivity index (χ0n) is 36.8. The summed E-state index contributed by atoms with van der Waals surface area (Å²) in [6.07, 6.45) is 13.6. The summed E-state index contributed by atoms with van der Waals surface area (Å²) in [6, 6.07) is 26.1. The number of amides is 4. The summed E-state index contributed by atoms with van der Waals surface area (Å²) in [5, 5.41) is 13.6. The van der Waals surface area contributed by atoms with E-state index in [2.05, 4.69) is 16.8 Å². The van der Waals surface area contributed by atoms with Gasteiger partial charge in [0, 0.05) is 54.9 Å². The number of allylic oxidation sites excluding steroid dienone is 3. The van der Waals surface area contributed by atoms with Crippen LogP contribution in [0.3, 0.4) is 0 Å². The molecule has 4 heterocycles. The lowest BCUT2D eigenvalue weighted by atomic mass is 9.91. The lowest BCUT2D eigenvalue weighted by Crippen LogP contribution is -2.51. The second-order valence-corrected chi connectivity index (χ2v) is 17.6. The van der Waals surface area contributed by atoms with Gasteiger partial charge in [0.15, 0.2) is 0 Å². The van der Waals surface area contributed by atoms with E-state index in [9.17, 15) is 29.3 Å². The second kappa shape index (κ2) is 19.7. The lowest BCUT2D eigenvalue weighted by Gasteiger charge is -2.40. The van der Waals surface area contributed by atoms with Crippen molar-refractivity contribution in [2.24, 2.45) is 0 Å². The Morgan fingerprint density at radius 3 is 2.27 bits per heavy atom. The fourth-order valence-corrected chi connectivity index (χ4v) is 9.33. The van der Waals surface area contributed by atoms with Crippen molar-refractivity contribution < 1.29 is 38.3 Å². The predicted octanol–water partition coefficient (Wildman–Crippen LogP) is 8.27. The van der Waals surface area contributed by atoms with Crippen LogP contribution in [-0.4, -0.2) is 88.9 Å². The van der Waals surface area contributed by atoms with Crippen LogP contribution in [0.4, 0.5) is 11.4 Å². The Labute approximate surface area is 383 Å². The van der Waals surface area contributed by atoms with Crippen molar-refractivity contribution in [1.82, 2.24) is 15.1 Å². The Balaban J connectivity index is 0.647. The molecular weight excluding hydrogens is 839 g/mol. The number of para-hydroxylation sites is 1. The number of carbonyl (C=O) groups excluding carboxylic acids is 4. The fourth-order valence-electron chi connectivity index (χ4n) is 9.33. The van der Waals surface area contributed by atoms with Crippen molar-refractivity contribution in [2.45, 2.75) is 88.7 Å². The molecular formula is C52H53N5O9. The van der Waals surface area contributed by atoms with Crippen LogP contribution in [0.2, 0.25) is 0 Å². The van der Waals surface area contributed by atoms with Crippen molar-refractivity contribution in [3.63, 3.8) is 0 Å². The highest BCUT2D eigenvalue weighted by Gasteiger charge is 2.44. The van der Waals surface area contributed by atoms with E-state index >= 15 is 0 Å². The quantitative estimate of drug-likeness (QED) is 0.0359. The van der Waals surface area contributed by atoms with Crippen molar-refractivity contribution >= 4 is 46.7 Å². The summed E-state index contributed by atoms with van der Waals surface area (Å²) in [6.45, 7) is 7.77. The highest BCUT2D eigenvalue weighted by molar-refractivity contribution is 6.32. The number of hydrogen-bond acceptors (Lipinski definition) is 10. The molecule has 2 saturated heterocycles. The maximum atomic E-state index is 13.7. The van der Waals surface area contributed by atoms with Gasteiger partial charge < -0.3 is 29.3 Å². The number of nitro benzene ring substituents is 1. The minimum Gasteiger partial charge on any atom is -0.494 e. The van der Waals surface area contributed by atoms with E-state index in [1.54, 1.807) is 47.4 Å². The fraction of sp³-hybridized carbons (Fsp3) is 0.346. The van der Waals surface area contributed by atoms with Gasteiger partial charge in [0.1, 0.15) is 23.6 Å². The van der Waals surface area contributed by atoms with Crippen LogP contribution in [0.25, 0.3) is 11.6 Å². The molecule has 14 nitrogen and oxygen atoms in total. The summed E-state index contributed by atoms with van der Waals surface area (Å²) >= 11 is 0. The van der Waals surface area contributed by atoms with E-state index in [1.807, 2.05) is 54.6 Å². The summed E-state index contributed by atoms with van der Waals surface area (Å²) < 4.78 is 18.7. The number of nitro groups is 1. The summed E-state index contributed by atoms with van der Waals surface area (Å²) in [4.78, 5) is 68.2. The van der Waals surface area contributed by atoms with Crippen LogP contribution in [0.1, 0.15) is 95.2 Å². The third-order valence-electron chi connectivity index (χ3n) is 13.1. The van der Waals surface area contributed by atoms with Gasteiger partial charge in [-0.1, -0.05) is 49.1 Å². The number of nitrogens with zero attached hydrogens (tertiary/aromatic N) is 4. The Bertz CT molecular complexity index is 2570. The molecule has 5 aliphatic rings. The van der Waals surface area contributed by atoms with Crippen LogP contribution < -0.4 is 19.7 Å². The first kappa shape index (κ1) is 44.3. The number of hydrogen-bond donors (Lipinski definition) is 1. The Hall–Kier alpha value is -6.90.